The fourth-order valence-electron chi connectivity index (χ4n) is 3.11. The molecule has 7 nitrogen and oxygen atoms in total. The molecule has 1 aliphatic heterocycles. The van der Waals surface area contributed by atoms with Crippen molar-refractivity contribution >= 4 is 15.8 Å². The molecule has 1 fully saturated rings. The summed E-state index contributed by atoms with van der Waals surface area (Å²) >= 11 is 0. The minimum Gasteiger partial charge on any atom is -0.354 e. The van der Waals surface area contributed by atoms with Gasteiger partial charge in [-0.05, 0) is 24.8 Å². The Morgan fingerprint density at radius 1 is 1.22 bits per heavy atom. The number of halogens is 1. The molecule has 0 saturated carbocycles. The van der Waals surface area contributed by atoms with E-state index in [2.05, 4.69) is 14.7 Å². The van der Waals surface area contributed by atoms with Crippen molar-refractivity contribution < 1.29 is 12.8 Å². The summed E-state index contributed by atoms with van der Waals surface area (Å²) in [5.41, 5.74) is 0.452. The first-order valence-electron chi connectivity index (χ1n) is 8.65. The van der Waals surface area contributed by atoms with E-state index in [9.17, 15) is 12.8 Å². The summed E-state index contributed by atoms with van der Waals surface area (Å²) in [5.74, 6) is -0.144. The van der Waals surface area contributed by atoms with Gasteiger partial charge in [-0.3, -0.25) is 0 Å². The van der Waals surface area contributed by atoms with E-state index >= 15 is 0 Å². The smallest absolute Gasteiger partial charge is 0.215 e. The van der Waals surface area contributed by atoms with Crippen LogP contribution in [0.1, 0.15) is 24.1 Å². The van der Waals surface area contributed by atoms with Crippen molar-refractivity contribution in [2.75, 3.05) is 24.5 Å². The first-order valence-corrected chi connectivity index (χ1v) is 10.3. The lowest BCUT2D eigenvalue weighted by atomic mass is 9.97. The number of hydrogen-bond donors (Lipinski definition) is 1. The van der Waals surface area contributed by atoms with Gasteiger partial charge in [0.15, 0.2) is 11.5 Å². The van der Waals surface area contributed by atoms with Crippen LogP contribution in [0.25, 0.3) is 0 Å². The van der Waals surface area contributed by atoms with Crippen LogP contribution in [0.15, 0.2) is 36.7 Å². The first-order chi connectivity index (χ1) is 13.0. The second kappa shape index (κ2) is 8.41. The maximum Gasteiger partial charge on any atom is 0.215 e. The molecule has 0 bridgehead atoms. The molecule has 0 amide bonds. The maximum absolute atomic E-state index is 13.6. The van der Waals surface area contributed by atoms with Gasteiger partial charge in [-0.1, -0.05) is 18.2 Å². The molecular formula is C18H20FN5O2S. The van der Waals surface area contributed by atoms with E-state index in [4.69, 9.17) is 5.26 Å². The van der Waals surface area contributed by atoms with Gasteiger partial charge in [0.05, 0.1) is 5.75 Å². The summed E-state index contributed by atoms with van der Waals surface area (Å²) in [7, 11) is -3.60. The summed E-state index contributed by atoms with van der Waals surface area (Å²) in [5, 5.41) is 9.13. The second-order valence-electron chi connectivity index (χ2n) is 6.47. The molecule has 2 heterocycles. The van der Waals surface area contributed by atoms with Crippen LogP contribution in [-0.4, -0.2) is 38.0 Å². The molecular weight excluding hydrogens is 369 g/mol. The molecule has 9 heteroatoms. The van der Waals surface area contributed by atoms with Crippen LogP contribution in [0.4, 0.5) is 10.2 Å². The van der Waals surface area contributed by atoms with Crippen molar-refractivity contribution in [2.45, 2.75) is 18.6 Å². The van der Waals surface area contributed by atoms with E-state index in [-0.39, 0.29) is 17.2 Å². The summed E-state index contributed by atoms with van der Waals surface area (Å²) < 4.78 is 40.7. The molecule has 1 saturated heterocycles. The first kappa shape index (κ1) is 19.2. The summed E-state index contributed by atoms with van der Waals surface area (Å²) in [6, 6.07) is 7.91. The molecule has 1 aliphatic rings. The molecule has 0 spiro atoms. The molecule has 2 aromatic rings. The molecule has 0 radical (unpaired) electrons. The number of piperidine rings is 1. The Bertz CT molecular complexity index is 937. The monoisotopic (exact) mass is 389 g/mol. The zero-order valence-corrected chi connectivity index (χ0v) is 15.5. The number of rotatable bonds is 6. The van der Waals surface area contributed by atoms with E-state index in [0.717, 1.165) is 12.8 Å². The lowest BCUT2D eigenvalue weighted by Crippen LogP contribution is -2.39. The van der Waals surface area contributed by atoms with Crippen molar-refractivity contribution in [3.8, 4) is 6.07 Å². The Balaban J connectivity index is 1.52. The Morgan fingerprint density at radius 2 is 1.93 bits per heavy atom. The van der Waals surface area contributed by atoms with Crippen molar-refractivity contribution in [2.24, 2.45) is 5.92 Å². The van der Waals surface area contributed by atoms with E-state index in [1.54, 1.807) is 12.3 Å². The zero-order valence-electron chi connectivity index (χ0n) is 14.7. The SMILES string of the molecule is N#Cc1nccnc1N1CCC(CNS(=O)(=O)Cc2ccccc2F)CC1. The number of nitriles is 1. The molecule has 0 atom stereocenters. The average molecular weight is 389 g/mol. The van der Waals surface area contributed by atoms with Gasteiger partial charge in [0.25, 0.3) is 0 Å². The van der Waals surface area contributed by atoms with E-state index in [1.807, 2.05) is 11.0 Å². The minimum absolute atomic E-state index is 0.159. The lowest BCUT2D eigenvalue weighted by Gasteiger charge is -2.32. The molecule has 0 unspecified atom stereocenters. The molecule has 1 N–H and O–H groups in total. The van der Waals surface area contributed by atoms with Gasteiger partial charge in [-0.2, -0.15) is 5.26 Å². The summed E-state index contributed by atoms with van der Waals surface area (Å²) in [6.45, 7) is 1.66. The number of aromatic nitrogens is 2. The Morgan fingerprint density at radius 3 is 2.63 bits per heavy atom. The fourth-order valence-corrected chi connectivity index (χ4v) is 4.34. The zero-order chi connectivity index (χ0) is 19.3. The number of nitrogens with one attached hydrogen (secondary N) is 1. The highest BCUT2D eigenvalue weighted by Crippen LogP contribution is 2.23. The largest absolute Gasteiger partial charge is 0.354 e. The molecule has 3 rings (SSSR count). The van der Waals surface area contributed by atoms with Gasteiger partial charge >= 0.3 is 0 Å². The van der Waals surface area contributed by atoms with Crippen LogP contribution in [-0.2, 0) is 15.8 Å². The fraction of sp³-hybridized carbons (Fsp3) is 0.389. The minimum atomic E-state index is -3.60. The molecule has 1 aromatic carbocycles. The van der Waals surface area contributed by atoms with Crippen LogP contribution in [0.5, 0.6) is 0 Å². The highest BCUT2D eigenvalue weighted by Gasteiger charge is 2.24. The highest BCUT2D eigenvalue weighted by atomic mass is 32.2. The van der Waals surface area contributed by atoms with Gasteiger partial charge in [-0.15, -0.1) is 0 Å². The van der Waals surface area contributed by atoms with Crippen molar-refractivity contribution in [1.82, 2.24) is 14.7 Å². The van der Waals surface area contributed by atoms with Gasteiger partial charge < -0.3 is 4.90 Å². The van der Waals surface area contributed by atoms with E-state index in [0.29, 0.717) is 31.1 Å². The van der Waals surface area contributed by atoms with Crippen molar-refractivity contribution in [3.05, 3.63) is 53.7 Å². The van der Waals surface area contributed by atoms with E-state index < -0.39 is 15.8 Å². The van der Waals surface area contributed by atoms with Crippen LogP contribution in [0.2, 0.25) is 0 Å². The van der Waals surface area contributed by atoms with E-state index in [1.165, 1.54) is 24.4 Å². The molecule has 0 aliphatic carbocycles. The third-order valence-electron chi connectivity index (χ3n) is 4.59. The molecule has 27 heavy (non-hydrogen) atoms. The van der Waals surface area contributed by atoms with Gasteiger partial charge in [-0.25, -0.2) is 27.5 Å². The molecule has 142 valence electrons. The third kappa shape index (κ3) is 4.99. The maximum atomic E-state index is 13.6. The Labute approximate surface area is 157 Å². The number of anilines is 1. The Kier molecular flexibility index (Phi) is 5.98. The van der Waals surface area contributed by atoms with Crippen molar-refractivity contribution in [1.29, 1.82) is 5.26 Å². The number of nitrogens with zero attached hydrogens (tertiary/aromatic N) is 4. The topological polar surface area (TPSA) is 99.0 Å². The summed E-state index contributed by atoms with van der Waals surface area (Å²) in [4.78, 5) is 10.2. The highest BCUT2D eigenvalue weighted by molar-refractivity contribution is 7.88. The van der Waals surface area contributed by atoms with Gasteiger partial charge in [0, 0.05) is 37.6 Å². The normalized spacial score (nSPS) is 15.5. The number of sulfonamides is 1. The average Bonchev–Trinajstić information content (AvgIpc) is 2.68. The predicted molar refractivity (Wildman–Crippen MR) is 98.7 cm³/mol. The standard InChI is InChI=1S/C18H20FN5O2S/c19-16-4-2-1-3-15(16)13-27(25,26)23-12-14-5-9-24(10-6-14)18-17(11-20)21-7-8-22-18/h1-4,7-8,14,23H,5-6,9-10,12-13H2. The Hall–Kier alpha value is -2.57. The lowest BCUT2D eigenvalue weighted by molar-refractivity contribution is 0.400. The van der Waals surface area contributed by atoms with Gasteiger partial charge in [0.1, 0.15) is 11.9 Å². The predicted octanol–water partition coefficient (Wildman–Crippen LogP) is 1.82. The van der Waals surface area contributed by atoms with Gasteiger partial charge in [0.2, 0.25) is 10.0 Å². The second-order valence-corrected chi connectivity index (χ2v) is 8.28. The van der Waals surface area contributed by atoms with Crippen LogP contribution in [0, 0.1) is 23.1 Å². The number of hydrogen-bond acceptors (Lipinski definition) is 6. The number of benzene rings is 1. The quantitative estimate of drug-likeness (QED) is 0.809. The van der Waals surface area contributed by atoms with Crippen LogP contribution < -0.4 is 9.62 Å². The van der Waals surface area contributed by atoms with Crippen LogP contribution in [0.3, 0.4) is 0 Å². The van der Waals surface area contributed by atoms with Crippen LogP contribution >= 0.6 is 0 Å². The summed E-state index contributed by atoms with van der Waals surface area (Å²) in [6.07, 6.45) is 4.57. The molecule has 1 aromatic heterocycles. The van der Waals surface area contributed by atoms with Crippen molar-refractivity contribution in [3.63, 3.8) is 0 Å². The third-order valence-corrected chi connectivity index (χ3v) is 5.89.